The van der Waals surface area contributed by atoms with Crippen LogP contribution in [0.3, 0.4) is 0 Å². The number of aromatic nitrogens is 1. The van der Waals surface area contributed by atoms with E-state index in [1.165, 1.54) is 31.8 Å². The molecule has 0 aromatic carbocycles. The van der Waals surface area contributed by atoms with Crippen molar-refractivity contribution in [2.75, 3.05) is 0 Å². The second kappa shape index (κ2) is 4.29. The minimum absolute atomic E-state index is 0.438. The van der Waals surface area contributed by atoms with Crippen LogP contribution in [0, 0.1) is 10.1 Å². The molecule has 1 aromatic heterocycles. The first kappa shape index (κ1) is 9.96. The SMILES string of the molecule is O=[N+]([O-])/C=C/c1ccn(C2CCCC2)c1. The lowest BCUT2D eigenvalue weighted by molar-refractivity contribution is -0.400. The Labute approximate surface area is 88.4 Å². The Bertz CT molecular complexity index is 376. The molecule has 0 bridgehead atoms. The van der Waals surface area contributed by atoms with Crippen LogP contribution in [0.25, 0.3) is 6.08 Å². The smallest absolute Gasteiger partial charge is 0.235 e. The fraction of sp³-hybridized carbons (Fsp3) is 0.455. The predicted octanol–water partition coefficient (Wildman–Crippen LogP) is 2.85. The molecular weight excluding hydrogens is 192 g/mol. The fourth-order valence-electron chi connectivity index (χ4n) is 2.11. The molecule has 0 spiro atoms. The van der Waals surface area contributed by atoms with Crippen molar-refractivity contribution in [1.29, 1.82) is 0 Å². The Morgan fingerprint density at radius 1 is 1.47 bits per heavy atom. The second-order valence-electron chi connectivity index (χ2n) is 3.93. The summed E-state index contributed by atoms with van der Waals surface area (Å²) in [6.07, 6.45) is 11.6. The molecule has 4 heteroatoms. The summed E-state index contributed by atoms with van der Waals surface area (Å²) in [7, 11) is 0. The number of nitrogens with zero attached hydrogens (tertiary/aromatic N) is 2. The van der Waals surface area contributed by atoms with E-state index in [1.54, 1.807) is 0 Å². The maximum absolute atomic E-state index is 10.1. The van der Waals surface area contributed by atoms with Crippen LogP contribution in [-0.4, -0.2) is 9.49 Å². The van der Waals surface area contributed by atoms with E-state index in [0.29, 0.717) is 6.04 Å². The lowest BCUT2D eigenvalue weighted by Crippen LogP contribution is -2.00. The zero-order valence-electron chi connectivity index (χ0n) is 8.50. The van der Waals surface area contributed by atoms with Crippen molar-refractivity contribution in [2.45, 2.75) is 31.7 Å². The molecule has 1 aromatic rings. The highest BCUT2D eigenvalue weighted by molar-refractivity contribution is 5.46. The molecule has 0 amide bonds. The van der Waals surface area contributed by atoms with Gasteiger partial charge in [0.25, 0.3) is 0 Å². The van der Waals surface area contributed by atoms with Gasteiger partial charge in [0.15, 0.2) is 0 Å². The van der Waals surface area contributed by atoms with Crippen LogP contribution >= 0.6 is 0 Å². The van der Waals surface area contributed by atoms with Gasteiger partial charge in [0.05, 0.1) is 4.92 Å². The van der Waals surface area contributed by atoms with Gasteiger partial charge in [-0.2, -0.15) is 0 Å². The number of rotatable bonds is 3. The molecule has 1 aliphatic carbocycles. The zero-order chi connectivity index (χ0) is 10.7. The standard InChI is InChI=1S/C11H14N2O2/c14-13(15)8-6-10-5-7-12(9-10)11-3-1-2-4-11/h5-9,11H,1-4H2/b8-6+. The highest BCUT2D eigenvalue weighted by atomic mass is 16.6. The lowest BCUT2D eigenvalue weighted by Gasteiger charge is -2.10. The summed E-state index contributed by atoms with van der Waals surface area (Å²) < 4.78 is 2.17. The summed E-state index contributed by atoms with van der Waals surface area (Å²) in [6.45, 7) is 0. The van der Waals surface area contributed by atoms with Crippen LogP contribution in [-0.2, 0) is 0 Å². The van der Waals surface area contributed by atoms with Crippen molar-refractivity contribution in [3.8, 4) is 0 Å². The normalized spacial score (nSPS) is 17.6. The molecule has 1 heterocycles. The lowest BCUT2D eigenvalue weighted by atomic mass is 10.2. The van der Waals surface area contributed by atoms with Crippen molar-refractivity contribution in [3.05, 3.63) is 40.3 Å². The van der Waals surface area contributed by atoms with Gasteiger partial charge in [0.2, 0.25) is 6.20 Å². The molecule has 4 nitrogen and oxygen atoms in total. The summed E-state index contributed by atoms with van der Waals surface area (Å²) in [5.41, 5.74) is 0.901. The van der Waals surface area contributed by atoms with Gasteiger partial charge in [-0.25, -0.2) is 0 Å². The van der Waals surface area contributed by atoms with Gasteiger partial charge in [0.1, 0.15) is 0 Å². The van der Waals surface area contributed by atoms with Gasteiger partial charge >= 0.3 is 0 Å². The van der Waals surface area contributed by atoms with Crippen molar-refractivity contribution in [3.63, 3.8) is 0 Å². The van der Waals surface area contributed by atoms with Crippen LogP contribution < -0.4 is 0 Å². The summed E-state index contributed by atoms with van der Waals surface area (Å²) in [5, 5.41) is 10.1. The van der Waals surface area contributed by atoms with Crippen molar-refractivity contribution in [2.24, 2.45) is 0 Å². The summed E-state index contributed by atoms with van der Waals surface area (Å²) >= 11 is 0. The first-order valence-corrected chi connectivity index (χ1v) is 5.25. The molecule has 1 aliphatic rings. The Morgan fingerprint density at radius 3 is 2.87 bits per heavy atom. The largest absolute Gasteiger partial charge is 0.351 e. The van der Waals surface area contributed by atoms with Crippen LogP contribution in [0.2, 0.25) is 0 Å². The second-order valence-corrected chi connectivity index (χ2v) is 3.93. The highest BCUT2D eigenvalue weighted by Crippen LogP contribution is 2.29. The van der Waals surface area contributed by atoms with Crippen molar-refractivity contribution < 1.29 is 4.92 Å². The molecule has 0 aliphatic heterocycles. The molecule has 0 atom stereocenters. The third-order valence-corrected chi connectivity index (χ3v) is 2.87. The quantitative estimate of drug-likeness (QED) is 0.564. The Hall–Kier alpha value is -1.58. The van der Waals surface area contributed by atoms with E-state index in [-0.39, 0.29) is 0 Å². The monoisotopic (exact) mass is 206 g/mol. The molecule has 1 saturated carbocycles. The molecule has 15 heavy (non-hydrogen) atoms. The van der Waals surface area contributed by atoms with Crippen molar-refractivity contribution in [1.82, 2.24) is 4.57 Å². The van der Waals surface area contributed by atoms with E-state index in [2.05, 4.69) is 4.57 Å². The highest BCUT2D eigenvalue weighted by Gasteiger charge is 2.15. The first-order valence-electron chi connectivity index (χ1n) is 5.25. The Morgan fingerprint density at radius 2 is 2.20 bits per heavy atom. The minimum atomic E-state index is -0.438. The Balaban J connectivity index is 2.06. The van der Waals surface area contributed by atoms with Gasteiger partial charge in [-0.15, -0.1) is 0 Å². The molecular formula is C11H14N2O2. The van der Waals surface area contributed by atoms with Gasteiger partial charge < -0.3 is 4.57 Å². The summed E-state index contributed by atoms with van der Waals surface area (Å²) in [6, 6.07) is 2.51. The maximum Gasteiger partial charge on any atom is 0.235 e. The van der Waals surface area contributed by atoms with Crippen molar-refractivity contribution >= 4 is 6.08 Å². The average Bonchev–Trinajstić information content (AvgIpc) is 2.85. The third-order valence-electron chi connectivity index (χ3n) is 2.87. The molecule has 80 valence electrons. The van der Waals surface area contributed by atoms with Gasteiger partial charge in [0, 0.05) is 24.5 Å². The van der Waals surface area contributed by atoms with E-state index >= 15 is 0 Å². The van der Waals surface area contributed by atoms with E-state index in [0.717, 1.165) is 11.8 Å². The molecule has 2 rings (SSSR count). The molecule has 0 N–H and O–H groups in total. The van der Waals surface area contributed by atoms with E-state index in [4.69, 9.17) is 0 Å². The predicted molar refractivity (Wildman–Crippen MR) is 58.0 cm³/mol. The van der Waals surface area contributed by atoms with Crippen LogP contribution in [0.15, 0.2) is 24.7 Å². The van der Waals surface area contributed by atoms with Crippen LogP contribution in [0.5, 0.6) is 0 Å². The van der Waals surface area contributed by atoms with Gasteiger partial charge in [-0.05, 0) is 24.5 Å². The molecule has 0 saturated heterocycles. The fourth-order valence-corrected chi connectivity index (χ4v) is 2.11. The summed E-state index contributed by atoms with van der Waals surface area (Å²) in [5.74, 6) is 0. The first-order chi connectivity index (χ1) is 7.25. The molecule has 0 unspecified atom stereocenters. The third kappa shape index (κ3) is 2.46. The minimum Gasteiger partial charge on any atom is -0.351 e. The van der Waals surface area contributed by atoms with Crippen LogP contribution in [0.1, 0.15) is 37.3 Å². The topological polar surface area (TPSA) is 48.1 Å². The Kier molecular flexibility index (Phi) is 2.85. The zero-order valence-corrected chi connectivity index (χ0v) is 8.50. The van der Waals surface area contributed by atoms with Crippen LogP contribution in [0.4, 0.5) is 0 Å². The van der Waals surface area contributed by atoms with Gasteiger partial charge in [-0.1, -0.05) is 12.8 Å². The molecule has 0 radical (unpaired) electrons. The average molecular weight is 206 g/mol. The van der Waals surface area contributed by atoms with E-state index in [1.807, 2.05) is 18.5 Å². The van der Waals surface area contributed by atoms with Gasteiger partial charge in [-0.3, -0.25) is 10.1 Å². The number of hydrogen-bond donors (Lipinski definition) is 0. The maximum atomic E-state index is 10.1. The summed E-state index contributed by atoms with van der Waals surface area (Å²) in [4.78, 5) is 9.71. The molecule has 1 fully saturated rings. The van der Waals surface area contributed by atoms with E-state index < -0.39 is 4.92 Å². The number of hydrogen-bond acceptors (Lipinski definition) is 2. The van der Waals surface area contributed by atoms with E-state index in [9.17, 15) is 10.1 Å². The number of nitro groups is 1.